The van der Waals surface area contributed by atoms with Gasteiger partial charge in [-0.1, -0.05) is 19.3 Å². The van der Waals surface area contributed by atoms with Crippen LogP contribution in [0.4, 0.5) is 5.95 Å². The Morgan fingerprint density at radius 2 is 2.00 bits per heavy atom. The van der Waals surface area contributed by atoms with Crippen molar-refractivity contribution in [1.82, 2.24) is 15.0 Å². The molecule has 1 aromatic heterocycles. The minimum Gasteiger partial charge on any atom is -0.467 e. The van der Waals surface area contributed by atoms with Crippen molar-refractivity contribution < 1.29 is 9.84 Å². The van der Waals surface area contributed by atoms with Gasteiger partial charge in [0.15, 0.2) is 0 Å². The average molecular weight is 273 g/mol. The number of nitrogens with zero attached hydrogens (tertiary/aromatic N) is 3. The van der Waals surface area contributed by atoms with E-state index < -0.39 is 0 Å². The van der Waals surface area contributed by atoms with Gasteiger partial charge in [0.25, 0.3) is 0 Å². The van der Waals surface area contributed by atoms with Crippen LogP contribution in [0.3, 0.4) is 0 Å². The van der Waals surface area contributed by atoms with E-state index in [0.717, 1.165) is 25.7 Å². The maximum atomic E-state index is 9.60. The summed E-state index contributed by atoms with van der Waals surface area (Å²) in [6.07, 6.45) is 5.17. The predicted molar refractivity (Wildman–Crippen MR) is 67.9 cm³/mol. The number of hydrogen-bond acceptors (Lipinski definition) is 6. The van der Waals surface area contributed by atoms with Gasteiger partial charge in [-0.2, -0.15) is 15.0 Å². The lowest BCUT2D eigenvalue weighted by molar-refractivity contribution is 0.172. The number of halogens is 1. The molecule has 1 aliphatic rings. The average Bonchev–Trinajstić information content (AvgIpc) is 2.39. The largest absolute Gasteiger partial charge is 0.467 e. The van der Waals surface area contributed by atoms with Crippen LogP contribution < -0.4 is 10.1 Å². The summed E-state index contributed by atoms with van der Waals surface area (Å²) in [6.45, 7) is 0.0542. The van der Waals surface area contributed by atoms with Crippen LogP contribution in [0.2, 0.25) is 5.28 Å². The third-order valence-corrected chi connectivity index (χ3v) is 3.43. The first-order chi connectivity index (χ1) is 8.67. The molecule has 0 atom stereocenters. The van der Waals surface area contributed by atoms with Gasteiger partial charge >= 0.3 is 6.01 Å². The molecule has 0 radical (unpaired) electrons. The second-order valence-corrected chi connectivity index (χ2v) is 4.88. The van der Waals surface area contributed by atoms with Crippen LogP contribution in [0.15, 0.2) is 0 Å². The zero-order valence-corrected chi connectivity index (χ0v) is 11.1. The van der Waals surface area contributed by atoms with Crippen molar-refractivity contribution in [3.8, 4) is 6.01 Å². The van der Waals surface area contributed by atoms with Crippen LogP contribution in [0.5, 0.6) is 6.01 Å². The molecule has 0 aromatic carbocycles. The molecular formula is C11H17ClN4O2. The van der Waals surface area contributed by atoms with Crippen LogP contribution >= 0.6 is 11.6 Å². The second kappa shape index (κ2) is 5.67. The van der Waals surface area contributed by atoms with Crippen molar-refractivity contribution in [2.24, 2.45) is 0 Å². The third-order valence-electron chi connectivity index (χ3n) is 3.26. The molecule has 0 spiro atoms. The molecule has 0 saturated heterocycles. The van der Waals surface area contributed by atoms with Gasteiger partial charge in [0.05, 0.1) is 19.3 Å². The van der Waals surface area contributed by atoms with Crippen LogP contribution in [0.25, 0.3) is 0 Å². The van der Waals surface area contributed by atoms with Crippen molar-refractivity contribution in [1.29, 1.82) is 0 Å². The van der Waals surface area contributed by atoms with E-state index in [2.05, 4.69) is 20.3 Å². The van der Waals surface area contributed by atoms with Crippen LogP contribution in [-0.4, -0.2) is 39.3 Å². The lowest BCUT2D eigenvalue weighted by Gasteiger charge is -2.36. The topological polar surface area (TPSA) is 80.2 Å². The monoisotopic (exact) mass is 272 g/mol. The van der Waals surface area contributed by atoms with Crippen molar-refractivity contribution in [3.63, 3.8) is 0 Å². The van der Waals surface area contributed by atoms with Crippen LogP contribution in [0.1, 0.15) is 32.1 Å². The number of methoxy groups -OCH3 is 1. The highest BCUT2D eigenvalue weighted by atomic mass is 35.5. The lowest BCUT2D eigenvalue weighted by atomic mass is 9.82. The fourth-order valence-corrected chi connectivity index (χ4v) is 2.42. The number of anilines is 1. The minimum absolute atomic E-state index is 0.0542. The molecule has 1 heterocycles. The first-order valence-corrected chi connectivity index (χ1v) is 6.40. The SMILES string of the molecule is COc1nc(Cl)nc(NC2(CO)CCCCC2)n1. The molecule has 18 heavy (non-hydrogen) atoms. The summed E-state index contributed by atoms with van der Waals surface area (Å²) >= 11 is 5.79. The Morgan fingerprint density at radius 3 is 2.61 bits per heavy atom. The maximum absolute atomic E-state index is 9.60. The summed E-state index contributed by atoms with van der Waals surface area (Å²) in [5.74, 6) is 0.350. The summed E-state index contributed by atoms with van der Waals surface area (Å²) < 4.78 is 4.94. The highest BCUT2D eigenvalue weighted by Crippen LogP contribution is 2.30. The normalized spacial score (nSPS) is 18.4. The summed E-state index contributed by atoms with van der Waals surface area (Å²) in [4.78, 5) is 11.9. The van der Waals surface area contributed by atoms with Gasteiger partial charge in [-0.15, -0.1) is 0 Å². The molecule has 1 fully saturated rings. The van der Waals surface area contributed by atoms with Crippen molar-refractivity contribution >= 4 is 17.5 Å². The highest BCUT2D eigenvalue weighted by molar-refractivity contribution is 6.28. The van der Waals surface area contributed by atoms with Gasteiger partial charge in [-0.05, 0) is 24.4 Å². The second-order valence-electron chi connectivity index (χ2n) is 4.54. The van der Waals surface area contributed by atoms with E-state index in [9.17, 15) is 5.11 Å². The quantitative estimate of drug-likeness (QED) is 0.867. The number of nitrogens with one attached hydrogen (secondary N) is 1. The molecule has 1 aliphatic carbocycles. The van der Waals surface area contributed by atoms with Gasteiger partial charge in [0.2, 0.25) is 11.2 Å². The lowest BCUT2D eigenvalue weighted by Crippen LogP contribution is -2.44. The zero-order chi connectivity index (χ0) is 13.0. The molecule has 7 heteroatoms. The van der Waals surface area contributed by atoms with Gasteiger partial charge in [-0.25, -0.2) is 0 Å². The van der Waals surface area contributed by atoms with Crippen molar-refractivity contribution in [2.45, 2.75) is 37.6 Å². The Labute approximate surface area is 111 Å². The zero-order valence-electron chi connectivity index (χ0n) is 10.3. The van der Waals surface area contributed by atoms with Gasteiger partial charge in [-0.3, -0.25) is 0 Å². The Morgan fingerprint density at radius 1 is 1.28 bits per heavy atom. The molecule has 2 rings (SSSR count). The molecule has 1 aromatic rings. The molecule has 2 N–H and O–H groups in total. The van der Waals surface area contributed by atoms with Crippen molar-refractivity contribution in [3.05, 3.63) is 5.28 Å². The van der Waals surface area contributed by atoms with E-state index in [4.69, 9.17) is 16.3 Å². The Balaban J connectivity index is 2.18. The van der Waals surface area contributed by atoms with Gasteiger partial charge in [0, 0.05) is 0 Å². The van der Waals surface area contributed by atoms with E-state index in [1.54, 1.807) is 0 Å². The first-order valence-electron chi connectivity index (χ1n) is 6.02. The Kier molecular flexibility index (Phi) is 4.19. The highest BCUT2D eigenvalue weighted by Gasteiger charge is 2.32. The molecule has 1 saturated carbocycles. The number of aliphatic hydroxyl groups excluding tert-OH is 1. The van der Waals surface area contributed by atoms with E-state index in [1.165, 1.54) is 13.5 Å². The number of aliphatic hydroxyl groups is 1. The Hall–Kier alpha value is -1.14. The first kappa shape index (κ1) is 13.3. The molecule has 0 amide bonds. The summed E-state index contributed by atoms with van der Waals surface area (Å²) in [5.41, 5.74) is -0.353. The number of hydrogen-bond donors (Lipinski definition) is 2. The van der Waals surface area contributed by atoms with Crippen LogP contribution in [0, 0.1) is 0 Å². The number of ether oxygens (including phenoxy) is 1. The fourth-order valence-electron chi connectivity index (χ4n) is 2.27. The molecule has 100 valence electrons. The van der Waals surface area contributed by atoms with Crippen LogP contribution in [-0.2, 0) is 0 Å². The Bertz CT molecular complexity index is 410. The molecule has 0 aliphatic heterocycles. The molecule has 6 nitrogen and oxygen atoms in total. The van der Waals surface area contributed by atoms with Gasteiger partial charge in [0.1, 0.15) is 0 Å². The predicted octanol–water partition coefficient (Wildman–Crippen LogP) is 1.64. The van der Waals surface area contributed by atoms with Crippen molar-refractivity contribution in [2.75, 3.05) is 19.0 Å². The summed E-state index contributed by atoms with van der Waals surface area (Å²) in [7, 11) is 1.47. The van der Waals surface area contributed by atoms with E-state index in [-0.39, 0.29) is 23.4 Å². The summed E-state index contributed by atoms with van der Waals surface area (Å²) in [5, 5.41) is 12.9. The maximum Gasteiger partial charge on any atom is 0.322 e. The number of rotatable bonds is 4. The molecular weight excluding hydrogens is 256 g/mol. The standard InChI is InChI=1S/C11H17ClN4O2/c1-18-10-14-8(12)13-9(15-10)16-11(7-17)5-3-2-4-6-11/h17H,2-7H2,1H3,(H,13,14,15,16). The smallest absolute Gasteiger partial charge is 0.322 e. The minimum atomic E-state index is -0.353. The number of aromatic nitrogens is 3. The van der Waals surface area contributed by atoms with E-state index in [0.29, 0.717) is 5.95 Å². The molecule has 0 bridgehead atoms. The van der Waals surface area contributed by atoms with E-state index in [1.807, 2.05) is 0 Å². The van der Waals surface area contributed by atoms with E-state index >= 15 is 0 Å². The molecule has 0 unspecified atom stereocenters. The fraction of sp³-hybridized carbons (Fsp3) is 0.727. The van der Waals surface area contributed by atoms with Gasteiger partial charge < -0.3 is 15.2 Å². The summed E-state index contributed by atoms with van der Waals surface area (Å²) in [6, 6.07) is 0.168. The third kappa shape index (κ3) is 3.00.